The third-order valence-corrected chi connectivity index (χ3v) is 7.21. The number of aryl methyl sites for hydroxylation is 1. The quantitative estimate of drug-likeness (QED) is 0.346. The molecule has 0 atom stereocenters. The number of aromatic nitrogens is 1. The normalized spacial score (nSPS) is 15.4. The number of amides is 1. The lowest BCUT2D eigenvalue weighted by atomic mass is 9.85. The van der Waals surface area contributed by atoms with Crippen LogP contribution in [0.3, 0.4) is 0 Å². The minimum atomic E-state index is -6.08. The maximum atomic E-state index is 13.2. The zero-order valence-electron chi connectivity index (χ0n) is 23.3. The minimum absolute atomic E-state index is 0.197. The zero-order valence-corrected chi connectivity index (χ0v) is 24.1. The van der Waals surface area contributed by atoms with Crippen LogP contribution >= 0.6 is 0 Å². The lowest BCUT2D eigenvalue weighted by molar-refractivity contribution is -0.0501. The number of carbonyl (C=O) groups excluding carboxylic acids is 1. The molecule has 0 saturated carbocycles. The Kier molecular flexibility index (Phi) is 8.76. The number of benzene rings is 1. The molecule has 3 rings (SSSR count). The molecule has 2 aromatic rings. The van der Waals surface area contributed by atoms with E-state index in [0.717, 1.165) is 5.56 Å². The number of nitriles is 1. The van der Waals surface area contributed by atoms with Crippen LogP contribution in [0, 0.1) is 18.3 Å². The summed E-state index contributed by atoms with van der Waals surface area (Å²) in [5, 5.41) is 9.81. The van der Waals surface area contributed by atoms with Crippen LogP contribution in [0.15, 0.2) is 30.3 Å². The third-order valence-electron chi connectivity index (χ3n) is 6.27. The Morgan fingerprint density at radius 1 is 1.05 bits per heavy atom. The van der Waals surface area contributed by atoms with Crippen molar-refractivity contribution < 1.29 is 35.3 Å². The van der Waals surface area contributed by atoms with Gasteiger partial charge in [-0.2, -0.15) is 26.9 Å². The molecule has 218 valence electrons. The molecule has 1 aromatic heterocycles. The summed E-state index contributed by atoms with van der Waals surface area (Å²) >= 11 is 0. The molecule has 0 aliphatic carbocycles. The molecule has 0 unspecified atom stereocenters. The van der Waals surface area contributed by atoms with Gasteiger partial charge < -0.3 is 13.8 Å². The second-order valence-corrected chi connectivity index (χ2v) is 12.9. The second kappa shape index (κ2) is 11.2. The summed E-state index contributed by atoms with van der Waals surface area (Å²) in [5.74, 6) is -0.935. The molecule has 1 aromatic carbocycles. The summed E-state index contributed by atoms with van der Waals surface area (Å²) in [6.45, 7) is 13.1. The van der Waals surface area contributed by atoms with E-state index in [0.29, 0.717) is 38.3 Å². The van der Waals surface area contributed by atoms with Crippen LogP contribution in [0.4, 0.5) is 18.0 Å². The highest BCUT2D eigenvalue weighted by molar-refractivity contribution is 7.88. The van der Waals surface area contributed by atoms with E-state index in [9.17, 15) is 31.6 Å². The number of hydrogen-bond acceptors (Lipinski definition) is 8. The van der Waals surface area contributed by atoms with Crippen molar-refractivity contribution in [3.63, 3.8) is 0 Å². The molecular weight excluding hydrogens is 549 g/mol. The largest absolute Gasteiger partial charge is 0.534 e. The van der Waals surface area contributed by atoms with Crippen molar-refractivity contribution >= 4 is 16.2 Å². The van der Waals surface area contributed by atoms with Gasteiger partial charge in [0.05, 0.1) is 5.69 Å². The summed E-state index contributed by atoms with van der Waals surface area (Å²) in [4.78, 5) is 20.2. The van der Waals surface area contributed by atoms with Crippen molar-refractivity contribution in [2.24, 2.45) is 0 Å². The van der Waals surface area contributed by atoms with Crippen LogP contribution in [0.2, 0.25) is 0 Å². The lowest BCUT2D eigenvalue weighted by Gasteiger charge is -2.39. The zero-order chi connectivity index (χ0) is 30.1. The molecule has 1 aliphatic rings. The molecule has 40 heavy (non-hydrogen) atoms. The van der Waals surface area contributed by atoms with Gasteiger partial charge in [-0.1, -0.05) is 43.7 Å². The predicted octanol–water partition coefficient (Wildman–Crippen LogP) is 4.99. The number of nitrogens with zero attached hydrogens (tertiary/aromatic N) is 4. The fourth-order valence-corrected chi connectivity index (χ4v) is 4.63. The monoisotopic (exact) mass is 582 g/mol. The van der Waals surface area contributed by atoms with Gasteiger partial charge in [-0.25, -0.2) is 9.78 Å². The maximum absolute atomic E-state index is 13.2. The molecule has 1 saturated heterocycles. The Balaban J connectivity index is 1.96. The number of alkyl halides is 3. The topological polar surface area (TPSA) is 113 Å². The highest BCUT2D eigenvalue weighted by Crippen LogP contribution is 2.37. The van der Waals surface area contributed by atoms with E-state index in [1.54, 1.807) is 62.1 Å². The molecule has 0 spiro atoms. The lowest BCUT2D eigenvalue weighted by Crippen LogP contribution is -2.52. The van der Waals surface area contributed by atoms with Gasteiger partial charge in [-0.3, -0.25) is 4.90 Å². The summed E-state index contributed by atoms with van der Waals surface area (Å²) in [7, 11) is -6.08. The van der Waals surface area contributed by atoms with Gasteiger partial charge >= 0.3 is 21.7 Å². The van der Waals surface area contributed by atoms with Gasteiger partial charge in [-0.05, 0) is 39.3 Å². The number of halogens is 3. The number of hydrogen-bond donors (Lipinski definition) is 0. The first-order chi connectivity index (χ1) is 18.3. The highest BCUT2D eigenvalue weighted by atomic mass is 32.2. The molecule has 1 aliphatic heterocycles. The SMILES string of the molecule is Cc1ccc(-c2cc(C(C)(C)CN3CCN(C(=O)OC(C)(C)C)CC3)nc(OS(=O)(=O)C(F)(F)F)c2C#N)cc1. The maximum Gasteiger partial charge on any atom is 0.534 e. The summed E-state index contributed by atoms with van der Waals surface area (Å²) in [6.07, 6.45) is -0.407. The van der Waals surface area contributed by atoms with E-state index >= 15 is 0 Å². The van der Waals surface area contributed by atoms with Crippen molar-refractivity contribution in [3.05, 3.63) is 47.2 Å². The van der Waals surface area contributed by atoms with Crippen LogP contribution in [-0.4, -0.2) is 73.1 Å². The first-order valence-electron chi connectivity index (χ1n) is 12.6. The molecule has 1 amide bonds. The number of piperazine rings is 1. The Hall–Kier alpha value is -3.37. The van der Waals surface area contributed by atoms with Gasteiger partial charge in [0.25, 0.3) is 5.88 Å². The van der Waals surface area contributed by atoms with Crippen molar-refractivity contribution in [3.8, 4) is 23.1 Å². The summed E-state index contributed by atoms with van der Waals surface area (Å²) in [5.41, 5.74) is -5.73. The third kappa shape index (κ3) is 7.42. The fourth-order valence-electron chi connectivity index (χ4n) is 4.20. The highest BCUT2D eigenvalue weighted by Gasteiger charge is 2.49. The fraction of sp³-hybridized carbons (Fsp3) is 0.519. The molecule has 0 N–H and O–H groups in total. The summed E-state index contributed by atoms with van der Waals surface area (Å²) < 4.78 is 73.2. The van der Waals surface area contributed by atoms with Crippen molar-refractivity contribution in [1.82, 2.24) is 14.8 Å². The molecule has 0 radical (unpaired) electrons. The van der Waals surface area contributed by atoms with Crippen molar-refractivity contribution in [2.75, 3.05) is 32.7 Å². The van der Waals surface area contributed by atoms with Gasteiger partial charge in [0.2, 0.25) is 0 Å². The van der Waals surface area contributed by atoms with E-state index in [1.807, 2.05) is 20.8 Å². The van der Waals surface area contributed by atoms with Gasteiger partial charge in [-0.15, -0.1) is 0 Å². The second-order valence-electron chi connectivity index (χ2n) is 11.3. The molecule has 9 nitrogen and oxygen atoms in total. The van der Waals surface area contributed by atoms with Gasteiger partial charge in [0.15, 0.2) is 0 Å². The number of pyridine rings is 1. The van der Waals surface area contributed by atoms with E-state index in [2.05, 4.69) is 14.1 Å². The molecular formula is C27H33F3N4O5S. The molecule has 13 heteroatoms. The van der Waals surface area contributed by atoms with Crippen LogP contribution in [0.25, 0.3) is 11.1 Å². The number of ether oxygens (including phenoxy) is 1. The Bertz CT molecular complexity index is 1390. The minimum Gasteiger partial charge on any atom is -0.444 e. The van der Waals surface area contributed by atoms with Gasteiger partial charge in [0, 0.05) is 43.7 Å². The molecule has 0 bridgehead atoms. The van der Waals surface area contributed by atoms with E-state index in [1.165, 1.54) is 0 Å². The van der Waals surface area contributed by atoms with Crippen LogP contribution < -0.4 is 4.18 Å². The van der Waals surface area contributed by atoms with Crippen LogP contribution in [-0.2, 0) is 20.3 Å². The standard InChI is InChI=1S/C27H33F3N4O5S/c1-18-7-9-19(10-8-18)20-15-22(32-23(21(20)16-31)39-40(36,37)27(28,29)30)26(5,6)17-33-11-13-34(14-12-33)24(35)38-25(2,3)4/h7-10,15H,11-14,17H2,1-6H3. The Morgan fingerprint density at radius 3 is 2.12 bits per heavy atom. The summed E-state index contributed by atoms with van der Waals surface area (Å²) in [6, 6.07) is 10.2. The van der Waals surface area contributed by atoms with Gasteiger partial charge in [0.1, 0.15) is 17.2 Å². The van der Waals surface area contributed by atoms with Crippen molar-refractivity contribution in [1.29, 1.82) is 5.26 Å². The Morgan fingerprint density at radius 2 is 1.62 bits per heavy atom. The van der Waals surface area contributed by atoms with Crippen LogP contribution in [0.5, 0.6) is 5.88 Å². The first kappa shape index (κ1) is 31.2. The average molecular weight is 583 g/mol. The Labute approximate surface area is 232 Å². The predicted molar refractivity (Wildman–Crippen MR) is 142 cm³/mol. The van der Waals surface area contributed by atoms with E-state index < -0.39 is 44.2 Å². The number of carbonyl (C=O) groups is 1. The smallest absolute Gasteiger partial charge is 0.444 e. The van der Waals surface area contributed by atoms with Crippen molar-refractivity contribution in [2.45, 2.75) is 58.1 Å². The average Bonchev–Trinajstić information content (AvgIpc) is 2.82. The van der Waals surface area contributed by atoms with E-state index in [4.69, 9.17) is 4.74 Å². The molecule has 2 heterocycles. The first-order valence-corrected chi connectivity index (χ1v) is 14.0. The number of rotatable bonds is 6. The molecule has 1 fully saturated rings. The van der Waals surface area contributed by atoms with Crippen LogP contribution in [0.1, 0.15) is 51.4 Å². The van der Waals surface area contributed by atoms with E-state index in [-0.39, 0.29) is 11.3 Å².